The topological polar surface area (TPSA) is 69.9 Å². The van der Waals surface area contributed by atoms with Gasteiger partial charge in [0.2, 0.25) is 11.8 Å². The Morgan fingerprint density at radius 2 is 1.60 bits per heavy atom. The molecule has 0 spiro atoms. The predicted octanol–water partition coefficient (Wildman–Crippen LogP) is 1.19. The van der Waals surface area contributed by atoms with Crippen molar-refractivity contribution in [2.24, 2.45) is 11.7 Å². The van der Waals surface area contributed by atoms with Crippen LogP contribution in [-0.2, 0) is 9.59 Å². The number of piperidine rings is 1. The van der Waals surface area contributed by atoms with Gasteiger partial charge in [0.15, 0.2) is 0 Å². The number of rotatable bonds is 4. The molecule has 6 nitrogen and oxygen atoms in total. The van der Waals surface area contributed by atoms with Gasteiger partial charge in [0.1, 0.15) is 0 Å². The number of primary amides is 1. The predicted molar refractivity (Wildman–Crippen MR) is 98.6 cm³/mol. The average Bonchev–Trinajstić information content (AvgIpc) is 2.63. The zero-order chi connectivity index (χ0) is 17.8. The molecule has 3 rings (SSSR count). The van der Waals surface area contributed by atoms with Crippen LogP contribution in [0, 0.1) is 5.92 Å². The van der Waals surface area contributed by atoms with Crippen molar-refractivity contribution in [3.63, 3.8) is 0 Å². The third-order valence-corrected chi connectivity index (χ3v) is 5.42. The van der Waals surface area contributed by atoms with Gasteiger partial charge < -0.3 is 15.5 Å². The molecule has 0 unspecified atom stereocenters. The second-order valence-electron chi connectivity index (χ2n) is 6.80. The van der Waals surface area contributed by atoms with Crippen LogP contribution in [-0.4, -0.2) is 67.4 Å². The number of likely N-dealkylation sites (tertiary alicyclic amines) is 1. The van der Waals surface area contributed by atoms with E-state index in [-0.39, 0.29) is 17.7 Å². The molecule has 7 heteroatoms. The van der Waals surface area contributed by atoms with Crippen LogP contribution in [0.5, 0.6) is 0 Å². The number of nitrogens with zero attached hydrogens (tertiary/aromatic N) is 3. The molecule has 2 aliphatic heterocycles. The zero-order valence-corrected chi connectivity index (χ0v) is 15.1. The summed E-state index contributed by atoms with van der Waals surface area (Å²) in [7, 11) is 0. The summed E-state index contributed by atoms with van der Waals surface area (Å²) in [4.78, 5) is 30.1. The Kier molecular flexibility index (Phi) is 5.81. The van der Waals surface area contributed by atoms with Crippen molar-refractivity contribution in [1.29, 1.82) is 0 Å². The monoisotopic (exact) mass is 364 g/mol. The zero-order valence-electron chi connectivity index (χ0n) is 14.4. The molecule has 0 radical (unpaired) electrons. The van der Waals surface area contributed by atoms with Crippen LogP contribution < -0.4 is 10.6 Å². The van der Waals surface area contributed by atoms with Gasteiger partial charge in [-0.2, -0.15) is 0 Å². The lowest BCUT2D eigenvalue weighted by Crippen LogP contribution is -2.51. The van der Waals surface area contributed by atoms with Crippen LogP contribution in [0.3, 0.4) is 0 Å². The fraction of sp³-hybridized carbons (Fsp3) is 0.556. The largest absolute Gasteiger partial charge is 0.369 e. The van der Waals surface area contributed by atoms with E-state index in [9.17, 15) is 9.59 Å². The Hall–Kier alpha value is -1.79. The number of benzene rings is 1. The Bertz CT molecular complexity index is 606. The summed E-state index contributed by atoms with van der Waals surface area (Å²) in [6.45, 7) is 5.26. The first-order valence-corrected chi connectivity index (χ1v) is 9.20. The molecular formula is C18H25ClN4O2. The quantitative estimate of drug-likeness (QED) is 0.871. The highest BCUT2D eigenvalue weighted by atomic mass is 35.5. The molecule has 2 fully saturated rings. The summed E-state index contributed by atoms with van der Waals surface area (Å²) < 4.78 is 0. The Morgan fingerprint density at radius 1 is 1.00 bits per heavy atom. The molecule has 2 saturated heterocycles. The molecule has 2 amide bonds. The smallest absolute Gasteiger partial charge is 0.236 e. The summed E-state index contributed by atoms with van der Waals surface area (Å²) >= 11 is 5.94. The summed E-state index contributed by atoms with van der Waals surface area (Å²) in [5.41, 5.74) is 6.52. The first-order chi connectivity index (χ1) is 12.0. The van der Waals surface area contributed by atoms with Crippen molar-refractivity contribution in [2.75, 3.05) is 50.7 Å². The number of hydrogen-bond acceptors (Lipinski definition) is 4. The number of carbonyl (C=O) groups excluding carboxylic acids is 2. The van der Waals surface area contributed by atoms with Crippen LogP contribution in [0.15, 0.2) is 24.3 Å². The number of anilines is 1. The second-order valence-corrected chi connectivity index (χ2v) is 7.23. The van der Waals surface area contributed by atoms with E-state index < -0.39 is 0 Å². The lowest BCUT2D eigenvalue weighted by Gasteiger charge is -2.37. The van der Waals surface area contributed by atoms with E-state index >= 15 is 0 Å². The minimum atomic E-state index is -0.245. The summed E-state index contributed by atoms with van der Waals surface area (Å²) in [6, 6.07) is 7.88. The van der Waals surface area contributed by atoms with Gasteiger partial charge in [0.25, 0.3) is 0 Å². The summed E-state index contributed by atoms with van der Waals surface area (Å²) in [5.74, 6) is -0.166. The molecule has 0 aromatic heterocycles. The average molecular weight is 365 g/mol. The summed E-state index contributed by atoms with van der Waals surface area (Å²) in [5, 5.41) is 0.744. The SMILES string of the molecule is NC(=O)C1CCN(C(=O)CN2CCN(c3ccc(Cl)cc3)CC2)CC1. The minimum absolute atomic E-state index is 0.0769. The maximum absolute atomic E-state index is 12.5. The number of hydrogen-bond donors (Lipinski definition) is 1. The number of carbonyl (C=O) groups is 2. The highest BCUT2D eigenvalue weighted by molar-refractivity contribution is 6.30. The highest BCUT2D eigenvalue weighted by Gasteiger charge is 2.27. The maximum atomic E-state index is 12.5. The van der Waals surface area contributed by atoms with Crippen molar-refractivity contribution >= 4 is 29.1 Å². The number of amides is 2. The van der Waals surface area contributed by atoms with Crippen molar-refractivity contribution < 1.29 is 9.59 Å². The van der Waals surface area contributed by atoms with Gasteiger partial charge >= 0.3 is 0 Å². The normalized spacial score (nSPS) is 19.9. The number of nitrogens with two attached hydrogens (primary N) is 1. The fourth-order valence-corrected chi connectivity index (χ4v) is 3.65. The van der Waals surface area contributed by atoms with Gasteiger partial charge in [0.05, 0.1) is 6.54 Å². The molecule has 0 atom stereocenters. The number of halogens is 1. The van der Waals surface area contributed by atoms with Crippen LogP contribution in [0.25, 0.3) is 0 Å². The van der Waals surface area contributed by atoms with E-state index in [0.717, 1.165) is 31.2 Å². The molecule has 1 aromatic rings. The van der Waals surface area contributed by atoms with Crippen LogP contribution in [0.1, 0.15) is 12.8 Å². The van der Waals surface area contributed by atoms with E-state index in [1.807, 2.05) is 29.2 Å². The van der Waals surface area contributed by atoms with Crippen LogP contribution in [0.4, 0.5) is 5.69 Å². The molecule has 2 N–H and O–H groups in total. The first kappa shape index (κ1) is 18.0. The lowest BCUT2D eigenvalue weighted by molar-refractivity contribution is -0.136. The minimum Gasteiger partial charge on any atom is -0.369 e. The van der Waals surface area contributed by atoms with Gasteiger partial charge in [-0.05, 0) is 37.1 Å². The van der Waals surface area contributed by atoms with E-state index in [2.05, 4.69) is 9.80 Å². The van der Waals surface area contributed by atoms with Gasteiger partial charge in [-0.25, -0.2) is 0 Å². The third-order valence-electron chi connectivity index (χ3n) is 5.17. The van der Waals surface area contributed by atoms with Crippen molar-refractivity contribution in [2.45, 2.75) is 12.8 Å². The number of piperazine rings is 1. The van der Waals surface area contributed by atoms with Crippen molar-refractivity contribution in [3.05, 3.63) is 29.3 Å². The molecule has 2 aliphatic rings. The molecular weight excluding hydrogens is 340 g/mol. The van der Waals surface area contributed by atoms with E-state index in [0.29, 0.717) is 32.5 Å². The van der Waals surface area contributed by atoms with E-state index in [1.165, 1.54) is 5.69 Å². The molecule has 136 valence electrons. The van der Waals surface area contributed by atoms with Gasteiger partial charge in [-0.3, -0.25) is 14.5 Å². The Morgan fingerprint density at radius 3 is 2.16 bits per heavy atom. The molecule has 25 heavy (non-hydrogen) atoms. The fourth-order valence-electron chi connectivity index (χ4n) is 3.52. The van der Waals surface area contributed by atoms with Crippen molar-refractivity contribution in [1.82, 2.24) is 9.80 Å². The molecule has 1 aromatic carbocycles. The second kappa shape index (κ2) is 8.06. The third kappa shape index (κ3) is 4.64. The molecule has 2 heterocycles. The lowest BCUT2D eigenvalue weighted by atomic mass is 9.96. The van der Waals surface area contributed by atoms with E-state index in [4.69, 9.17) is 17.3 Å². The van der Waals surface area contributed by atoms with Gasteiger partial charge in [0, 0.05) is 55.9 Å². The Balaban J connectivity index is 1.43. The maximum Gasteiger partial charge on any atom is 0.236 e. The molecule has 0 saturated carbocycles. The summed E-state index contributed by atoms with van der Waals surface area (Å²) in [6.07, 6.45) is 1.37. The van der Waals surface area contributed by atoms with Gasteiger partial charge in [-0.15, -0.1) is 0 Å². The van der Waals surface area contributed by atoms with Gasteiger partial charge in [-0.1, -0.05) is 11.6 Å². The van der Waals surface area contributed by atoms with Crippen molar-refractivity contribution in [3.8, 4) is 0 Å². The molecule has 0 bridgehead atoms. The Labute approximate surface area is 153 Å². The van der Waals surface area contributed by atoms with E-state index in [1.54, 1.807) is 0 Å². The standard InChI is InChI=1S/C18H25ClN4O2/c19-15-1-3-16(4-2-15)22-11-9-21(10-12-22)13-17(24)23-7-5-14(6-8-23)18(20)25/h1-4,14H,5-13H2,(H2,20,25). The molecule has 0 aliphatic carbocycles. The van der Waals surface area contributed by atoms with Crippen LogP contribution in [0.2, 0.25) is 5.02 Å². The first-order valence-electron chi connectivity index (χ1n) is 8.83. The van der Waals surface area contributed by atoms with Crippen LogP contribution >= 0.6 is 11.6 Å². The highest BCUT2D eigenvalue weighted by Crippen LogP contribution is 2.20.